The maximum absolute atomic E-state index is 12.6. The molecule has 0 aliphatic rings. The van der Waals surface area contributed by atoms with E-state index >= 15 is 0 Å². The zero-order chi connectivity index (χ0) is 11.4. The molecule has 0 aliphatic heterocycles. The second kappa shape index (κ2) is 4.52. The second-order valence-electron chi connectivity index (χ2n) is 3.14. The molecule has 0 atom stereocenters. The Balaban J connectivity index is 1.93. The van der Waals surface area contributed by atoms with Crippen molar-refractivity contribution in [2.24, 2.45) is 0 Å². The highest BCUT2D eigenvalue weighted by Crippen LogP contribution is 2.02. The molecule has 1 amide bonds. The molecule has 5 nitrogen and oxygen atoms in total. The minimum atomic E-state index is -0.346. The monoisotopic (exact) mass is 220 g/mol. The summed E-state index contributed by atoms with van der Waals surface area (Å²) in [5.41, 5.74) is 0.814. The molecule has 0 saturated carbocycles. The van der Waals surface area contributed by atoms with E-state index in [0.717, 1.165) is 5.56 Å². The third kappa shape index (κ3) is 2.41. The molecule has 1 heterocycles. The zero-order valence-corrected chi connectivity index (χ0v) is 8.27. The van der Waals surface area contributed by atoms with Gasteiger partial charge in [0.05, 0.1) is 0 Å². The first-order chi connectivity index (χ1) is 7.75. The smallest absolute Gasteiger partial charge is 0.288 e. The molecule has 0 aliphatic carbocycles. The quantitative estimate of drug-likeness (QED) is 0.806. The molecule has 16 heavy (non-hydrogen) atoms. The summed E-state index contributed by atoms with van der Waals surface area (Å²) in [6, 6.07) is 5.90. The number of benzene rings is 1. The Bertz CT molecular complexity index is 466. The SMILES string of the molecule is O=C(NCc1ccc(F)cc1)c1ncn[nH]1. The normalized spacial score (nSPS) is 10.1. The fraction of sp³-hybridized carbons (Fsp3) is 0.100. The number of hydrogen-bond donors (Lipinski definition) is 2. The molecular formula is C10H9FN4O. The van der Waals surface area contributed by atoms with Crippen LogP contribution in [-0.2, 0) is 6.54 Å². The minimum Gasteiger partial charge on any atom is -0.345 e. The highest BCUT2D eigenvalue weighted by Gasteiger charge is 2.07. The van der Waals surface area contributed by atoms with Crippen LogP contribution in [-0.4, -0.2) is 21.1 Å². The van der Waals surface area contributed by atoms with Crippen molar-refractivity contribution < 1.29 is 9.18 Å². The molecule has 82 valence electrons. The standard InChI is InChI=1S/C10H9FN4O/c11-8-3-1-7(2-4-8)5-12-10(16)9-13-6-14-15-9/h1-4,6H,5H2,(H,12,16)(H,13,14,15). The highest BCUT2D eigenvalue weighted by atomic mass is 19.1. The first-order valence-corrected chi connectivity index (χ1v) is 4.64. The molecule has 0 radical (unpaired) electrons. The highest BCUT2D eigenvalue weighted by molar-refractivity contribution is 5.90. The van der Waals surface area contributed by atoms with Crippen LogP contribution in [0.5, 0.6) is 0 Å². The van der Waals surface area contributed by atoms with E-state index in [1.165, 1.54) is 18.5 Å². The van der Waals surface area contributed by atoms with Crippen LogP contribution in [0, 0.1) is 5.82 Å². The Morgan fingerprint density at radius 2 is 2.12 bits per heavy atom. The number of rotatable bonds is 3. The molecule has 0 unspecified atom stereocenters. The van der Waals surface area contributed by atoms with E-state index in [0.29, 0.717) is 6.54 Å². The molecule has 0 bridgehead atoms. The molecule has 1 aromatic carbocycles. The van der Waals surface area contributed by atoms with Gasteiger partial charge in [0.1, 0.15) is 12.1 Å². The third-order valence-corrected chi connectivity index (χ3v) is 2.00. The number of hydrogen-bond acceptors (Lipinski definition) is 3. The van der Waals surface area contributed by atoms with Gasteiger partial charge in [0, 0.05) is 6.54 Å². The maximum atomic E-state index is 12.6. The molecular weight excluding hydrogens is 211 g/mol. The Labute approximate surface area is 90.7 Å². The summed E-state index contributed by atoms with van der Waals surface area (Å²) in [6.45, 7) is 0.319. The van der Waals surface area contributed by atoms with Crippen LogP contribution >= 0.6 is 0 Å². The van der Waals surface area contributed by atoms with Gasteiger partial charge < -0.3 is 5.32 Å². The number of H-pyrrole nitrogens is 1. The van der Waals surface area contributed by atoms with Crippen LogP contribution in [0.3, 0.4) is 0 Å². The summed E-state index contributed by atoms with van der Waals surface area (Å²) in [7, 11) is 0. The molecule has 2 rings (SSSR count). The third-order valence-electron chi connectivity index (χ3n) is 2.00. The molecule has 2 N–H and O–H groups in total. The van der Waals surface area contributed by atoms with Crippen molar-refractivity contribution in [3.63, 3.8) is 0 Å². The van der Waals surface area contributed by atoms with Gasteiger partial charge in [-0.1, -0.05) is 12.1 Å². The minimum absolute atomic E-state index is 0.155. The first kappa shape index (κ1) is 10.3. The molecule has 0 saturated heterocycles. The van der Waals surface area contributed by atoms with Crippen molar-refractivity contribution in [2.75, 3.05) is 0 Å². The van der Waals surface area contributed by atoms with Gasteiger partial charge in [0.25, 0.3) is 5.91 Å². The zero-order valence-electron chi connectivity index (χ0n) is 8.27. The summed E-state index contributed by atoms with van der Waals surface area (Å²) in [4.78, 5) is 15.1. The van der Waals surface area contributed by atoms with Crippen LogP contribution in [0.4, 0.5) is 4.39 Å². The van der Waals surface area contributed by atoms with Gasteiger partial charge in [0.15, 0.2) is 0 Å². The Morgan fingerprint density at radius 3 is 2.75 bits per heavy atom. The topological polar surface area (TPSA) is 70.7 Å². The molecule has 2 aromatic rings. The maximum Gasteiger partial charge on any atom is 0.288 e. The number of carbonyl (C=O) groups excluding carboxylic acids is 1. The van der Waals surface area contributed by atoms with Crippen LogP contribution in [0.25, 0.3) is 0 Å². The summed E-state index contributed by atoms with van der Waals surface area (Å²) in [5.74, 6) is -0.491. The predicted octanol–water partition coefficient (Wildman–Crippen LogP) is 0.874. The summed E-state index contributed by atoms with van der Waals surface area (Å²) in [6.07, 6.45) is 1.26. The summed E-state index contributed by atoms with van der Waals surface area (Å²) >= 11 is 0. The molecule has 0 fully saturated rings. The Kier molecular flexibility index (Phi) is 2.90. The van der Waals surface area contributed by atoms with Crippen molar-refractivity contribution in [1.29, 1.82) is 0 Å². The van der Waals surface area contributed by atoms with Crippen LogP contribution in [0.15, 0.2) is 30.6 Å². The number of amides is 1. The van der Waals surface area contributed by atoms with Crippen LogP contribution in [0.2, 0.25) is 0 Å². The van der Waals surface area contributed by atoms with Crippen molar-refractivity contribution in [2.45, 2.75) is 6.54 Å². The van der Waals surface area contributed by atoms with E-state index < -0.39 is 0 Å². The Hall–Kier alpha value is -2.24. The van der Waals surface area contributed by atoms with Gasteiger partial charge in [-0.05, 0) is 17.7 Å². The summed E-state index contributed by atoms with van der Waals surface area (Å²) in [5, 5.41) is 8.64. The van der Waals surface area contributed by atoms with E-state index in [1.54, 1.807) is 12.1 Å². The average molecular weight is 220 g/mol. The van der Waals surface area contributed by atoms with E-state index in [9.17, 15) is 9.18 Å². The lowest BCUT2D eigenvalue weighted by molar-refractivity contribution is 0.0941. The first-order valence-electron chi connectivity index (χ1n) is 4.64. The second-order valence-corrected chi connectivity index (χ2v) is 3.14. The fourth-order valence-corrected chi connectivity index (χ4v) is 1.18. The fourth-order valence-electron chi connectivity index (χ4n) is 1.18. The van der Waals surface area contributed by atoms with Crippen molar-refractivity contribution in [3.8, 4) is 0 Å². The van der Waals surface area contributed by atoms with E-state index in [1.807, 2.05) is 0 Å². The van der Waals surface area contributed by atoms with E-state index in [-0.39, 0.29) is 17.5 Å². The number of aromatic nitrogens is 3. The summed E-state index contributed by atoms with van der Waals surface area (Å²) < 4.78 is 12.6. The number of nitrogens with one attached hydrogen (secondary N) is 2. The number of carbonyl (C=O) groups is 1. The van der Waals surface area contributed by atoms with Gasteiger partial charge in [-0.15, -0.1) is 0 Å². The van der Waals surface area contributed by atoms with Crippen molar-refractivity contribution in [3.05, 3.63) is 47.8 Å². The number of nitrogens with zero attached hydrogens (tertiary/aromatic N) is 2. The molecule has 1 aromatic heterocycles. The lowest BCUT2D eigenvalue weighted by atomic mass is 10.2. The molecule has 0 spiro atoms. The van der Waals surface area contributed by atoms with Gasteiger partial charge in [-0.3, -0.25) is 9.89 Å². The van der Waals surface area contributed by atoms with E-state index in [4.69, 9.17) is 0 Å². The molecule has 6 heteroatoms. The number of aromatic amines is 1. The van der Waals surface area contributed by atoms with Crippen LogP contribution < -0.4 is 5.32 Å². The number of halogens is 1. The van der Waals surface area contributed by atoms with Crippen molar-refractivity contribution in [1.82, 2.24) is 20.5 Å². The van der Waals surface area contributed by atoms with Gasteiger partial charge in [-0.2, -0.15) is 5.10 Å². The Morgan fingerprint density at radius 1 is 1.38 bits per heavy atom. The van der Waals surface area contributed by atoms with Gasteiger partial charge in [-0.25, -0.2) is 9.37 Å². The van der Waals surface area contributed by atoms with Crippen LogP contribution in [0.1, 0.15) is 16.2 Å². The lowest BCUT2D eigenvalue weighted by Gasteiger charge is -2.02. The van der Waals surface area contributed by atoms with E-state index in [2.05, 4.69) is 20.5 Å². The van der Waals surface area contributed by atoms with Gasteiger partial charge >= 0.3 is 0 Å². The average Bonchev–Trinajstić information content (AvgIpc) is 2.81. The predicted molar refractivity (Wildman–Crippen MR) is 54.0 cm³/mol. The van der Waals surface area contributed by atoms with Gasteiger partial charge in [0.2, 0.25) is 5.82 Å². The lowest BCUT2D eigenvalue weighted by Crippen LogP contribution is -2.23. The van der Waals surface area contributed by atoms with Crippen molar-refractivity contribution >= 4 is 5.91 Å². The largest absolute Gasteiger partial charge is 0.345 e.